The van der Waals surface area contributed by atoms with Gasteiger partial charge in [-0.1, -0.05) is 11.3 Å². The summed E-state index contributed by atoms with van der Waals surface area (Å²) in [6, 6.07) is 0. The standard InChI is InChI=1S/C13H14N6O2S2/c1-7-6-22-12(15-7)18-13(20)21-10-11(23-8(2)16-10)17-9-4-14-19(3)5-9/h4-6,17H,1-3H3,(H,15,18,20). The molecule has 0 fully saturated rings. The van der Waals surface area contributed by atoms with Crippen LogP contribution in [0, 0.1) is 13.8 Å². The first-order chi connectivity index (χ1) is 11.0. The van der Waals surface area contributed by atoms with Crippen LogP contribution in [-0.2, 0) is 7.05 Å². The second-order valence-corrected chi connectivity index (χ2v) is 6.76. The lowest BCUT2D eigenvalue weighted by molar-refractivity contribution is 0.214. The number of thiazole rings is 2. The molecule has 0 aliphatic rings. The van der Waals surface area contributed by atoms with Gasteiger partial charge in [-0.2, -0.15) is 5.10 Å². The average Bonchev–Trinajstić information content (AvgIpc) is 3.14. The molecule has 0 radical (unpaired) electrons. The van der Waals surface area contributed by atoms with Crippen LogP contribution in [0.1, 0.15) is 10.7 Å². The largest absolute Gasteiger partial charge is 0.420 e. The number of anilines is 3. The Hall–Kier alpha value is -2.46. The van der Waals surface area contributed by atoms with E-state index in [0.29, 0.717) is 10.1 Å². The third-order valence-corrected chi connectivity index (χ3v) is 4.43. The van der Waals surface area contributed by atoms with Crippen LogP contribution in [0.3, 0.4) is 0 Å². The lowest BCUT2D eigenvalue weighted by Gasteiger charge is -2.05. The van der Waals surface area contributed by atoms with E-state index in [0.717, 1.165) is 16.4 Å². The summed E-state index contributed by atoms with van der Waals surface area (Å²) in [5.41, 5.74) is 1.63. The molecule has 0 unspecified atom stereocenters. The first kappa shape index (κ1) is 15.4. The van der Waals surface area contributed by atoms with Crippen molar-refractivity contribution in [2.24, 2.45) is 7.05 Å². The first-order valence-corrected chi connectivity index (χ1v) is 8.33. The zero-order valence-electron chi connectivity index (χ0n) is 12.7. The Morgan fingerprint density at radius 3 is 2.83 bits per heavy atom. The second-order valence-electron chi connectivity index (χ2n) is 4.70. The van der Waals surface area contributed by atoms with Gasteiger partial charge in [0.05, 0.1) is 22.6 Å². The lowest BCUT2D eigenvalue weighted by atomic mass is 10.5. The van der Waals surface area contributed by atoms with E-state index >= 15 is 0 Å². The van der Waals surface area contributed by atoms with E-state index in [1.54, 1.807) is 10.9 Å². The van der Waals surface area contributed by atoms with E-state index in [1.165, 1.54) is 22.7 Å². The highest BCUT2D eigenvalue weighted by molar-refractivity contribution is 7.16. The normalized spacial score (nSPS) is 10.6. The number of hydrogen-bond donors (Lipinski definition) is 2. The second kappa shape index (κ2) is 6.34. The molecule has 10 heteroatoms. The Morgan fingerprint density at radius 1 is 1.35 bits per heavy atom. The lowest BCUT2D eigenvalue weighted by Crippen LogP contribution is -2.17. The maximum Gasteiger partial charge on any atom is 0.420 e. The monoisotopic (exact) mass is 350 g/mol. The summed E-state index contributed by atoms with van der Waals surface area (Å²) in [5, 5.41) is 13.6. The molecule has 120 valence electrons. The smallest absolute Gasteiger partial charge is 0.388 e. The van der Waals surface area contributed by atoms with Gasteiger partial charge < -0.3 is 10.1 Å². The molecular formula is C13H14N6O2S2. The minimum atomic E-state index is -0.626. The number of hydrogen-bond acceptors (Lipinski definition) is 8. The minimum absolute atomic E-state index is 0.224. The van der Waals surface area contributed by atoms with E-state index in [4.69, 9.17) is 4.74 Å². The Morgan fingerprint density at radius 2 is 2.17 bits per heavy atom. The molecule has 0 aliphatic carbocycles. The molecule has 3 aromatic rings. The van der Waals surface area contributed by atoms with Gasteiger partial charge in [-0.25, -0.2) is 14.8 Å². The summed E-state index contributed by atoms with van der Waals surface area (Å²) in [6.45, 7) is 3.70. The molecule has 0 saturated heterocycles. The number of rotatable bonds is 4. The van der Waals surface area contributed by atoms with Gasteiger partial charge >= 0.3 is 6.09 Å². The van der Waals surface area contributed by atoms with Crippen molar-refractivity contribution in [3.05, 3.63) is 28.5 Å². The molecule has 0 spiro atoms. The molecule has 3 heterocycles. The number of nitrogens with one attached hydrogen (secondary N) is 2. The van der Waals surface area contributed by atoms with Crippen LogP contribution >= 0.6 is 22.7 Å². The molecule has 0 aromatic carbocycles. The van der Waals surface area contributed by atoms with Gasteiger partial charge in [0.1, 0.15) is 0 Å². The summed E-state index contributed by atoms with van der Waals surface area (Å²) in [6.07, 6.45) is 2.87. The van der Waals surface area contributed by atoms with E-state index in [2.05, 4.69) is 25.7 Å². The van der Waals surface area contributed by atoms with Crippen LogP contribution in [0.25, 0.3) is 0 Å². The molecule has 0 bridgehead atoms. The van der Waals surface area contributed by atoms with Crippen molar-refractivity contribution in [3.8, 4) is 5.88 Å². The van der Waals surface area contributed by atoms with Crippen LogP contribution in [0.15, 0.2) is 17.8 Å². The Bertz CT molecular complexity index is 837. The van der Waals surface area contributed by atoms with Crippen molar-refractivity contribution in [3.63, 3.8) is 0 Å². The number of aryl methyl sites for hydroxylation is 3. The van der Waals surface area contributed by atoms with Gasteiger partial charge in [0.25, 0.3) is 5.88 Å². The molecule has 3 aromatic heterocycles. The number of carbonyl (C=O) groups is 1. The van der Waals surface area contributed by atoms with E-state index in [-0.39, 0.29) is 5.88 Å². The third-order valence-electron chi connectivity index (χ3n) is 2.68. The van der Waals surface area contributed by atoms with Crippen molar-refractivity contribution in [2.75, 3.05) is 10.6 Å². The fourth-order valence-corrected chi connectivity index (χ4v) is 3.23. The highest BCUT2D eigenvalue weighted by Crippen LogP contribution is 2.33. The maximum absolute atomic E-state index is 12.0. The number of aromatic nitrogens is 4. The van der Waals surface area contributed by atoms with Gasteiger partial charge in [0.15, 0.2) is 10.1 Å². The van der Waals surface area contributed by atoms with Gasteiger partial charge in [0, 0.05) is 18.6 Å². The van der Waals surface area contributed by atoms with Crippen molar-refractivity contribution < 1.29 is 9.53 Å². The molecule has 1 amide bonds. The van der Waals surface area contributed by atoms with Crippen molar-refractivity contribution >= 4 is 44.6 Å². The molecule has 3 rings (SSSR count). The average molecular weight is 350 g/mol. The molecule has 23 heavy (non-hydrogen) atoms. The van der Waals surface area contributed by atoms with Gasteiger partial charge in [-0.3, -0.25) is 10.00 Å². The molecule has 2 N–H and O–H groups in total. The zero-order valence-corrected chi connectivity index (χ0v) is 14.3. The predicted octanol–water partition coefficient (Wildman–Crippen LogP) is 3.30. The highest BCUT2D eigenvalue weighted by atomic mass is 32.1. The summed E-state index contributed by atoms with van der Waals surface area (Å²) in [4.78, 5) is 20.3. The van der Waals surface area contributed by atoms with E-state index in [9.17, 15) is 4.79 Å². The summed E-state index contributed by atoms with van der Waals surface area (Å²) in [5.74, 6) is 0.224. The van der Waals surface area contributed by atoms with Gasteiger partial charge in [-0.05, 0) is 13.8 Å². The summed E-state index contributed by atoms with van der Waals surface area (Å²) in [7, 11) is 1.82. The minimum Gasteiger partial charge on any atom is -0.388 e. The number of amides is 1. The maximum atomic E-state index is 12.0. The molecule has 0 aliphatic heterocycles. The number of ether oxygens (including phenoxy) is 1. The first-order valence-electron chi connectivity index (χ1n) is 6.63. The van der Waals surface area contributed by atoms with E-state index in [1.807, 2.05) is 32.5 Å². The predicted molar refractivity (Wildman–Crippen MR) is 89.8 cm³/mol. The van der Waals surface area contributed by atoms with Crippen LogP contribution < -0.4 is 15.4 Å². The van der Waals surface area contributed by atoms with Gasteiger partial charge in [-0.15, -0.1) is 11.3 Å². The SMILES string of the molecule is Cc1csc(NC(=O)Oc2nc(C)sc2Nc2cnn(C)c2)n1. The third kappa shape index (κ3) is 3.85. The molecule has 0 saturated carbocycles. The number of nitrogens with zero attached hydrogens (tertiary/aromatic N) is 4. The van der Waals surface area contributed by atoms with Crippen LogP contribution in [-0.4, -0.2) is 25.8 Å². The van der Waals surface area contributed by atoms with Gasteiger partial charge in [0.2, 0.25) is 0 Å². The number of carbonyl (C=O) groups excluding carboxylic acids is 1. The van der Waals surface area contributed by atoms with Crippen molar-refractivity contribution in [1.82, 2.24) is 19.7 Å². The van der Waals surface area contributed by atoms with Crippen LogP contribution in [0.4, 0.5) is 20.6 Å². The Labute approximate surface area is 140 Å². The summed E-state index contributed by atoms with van der Waals surface area (Å²) < 4.78 is 6.96. The highest BCUT2D eigenvalue weighted by Gasteiger charge is 2.16. The molecule has 0 atom stereocenters. The Balaban J connectivity index is 1.71. The van der Waals surface area contributed by atoms with Crippen LogP contribution in [0.2, 0.25) is 0 Å². The van der Waals surface area contributed by atoms with E-state index < -0.39 is 6.09 Å². The van der Waals surface area contributed by atoms with Crippen molar-refractivity contribution in [2.45, 2.75) is 13.8 Å². The quantitative estimate of drug-likeness (QED) is 0.750. The van der Waals surface area contributed by atoms with Crippen LogP contribution in [0.5, 0.6) is 5.88 Å². The Kier molecular flexibility index (Phi) is 4.26. The fourth-order valence-electron chi connectivity index (χ4n) is 1.78. The zero-order chi connectivity index (χ0) is 16.4. The van der Waals surface area contributed by atoms with Crippen molar-refractivity contribution in [1.29, 1.82) is 0 Å². The molecular weight excluding hydrogens is 336 g/mol. The summed E-state index contributed by atoms with van der Waals surface area (Å²) >= 11 is 2.73. The molecule has 8 nitrogen and oxygen atoms in total. The fraction of sp³-hybridized carbons (Fsp3) is 0.231. The topological polar surface area (TPSA) is 94.0 Å².